The highest BCUT2D eigenvalue weighted by Crippen LogP contribution is 2.24. The van der Waals surface area contributed by atoms with Gasteiger partial charge in [-0.3, -0.25) is 14.9 Å². The Morgan fingerprint density at radius 2 is 1.89 bits per heavy atom. The van der Waals surface area contributed by atoms with Gasteiger partial charge in [-0.15, -0.1) is 0 Å². The van der Waals surface area contributed by atoms with Crippen LogP contribution in [-0.4, -0.2) is 28.3 Å². The topological polar surface area (TPSA) is 102 Å². The Hall–Kier alpha value is -3.48. The largest absolute Gasteiger partial charge is 0.454 e. The fourth-order valence-electron chi connectivity index (χ4n) is 3.07. The van der Waals surface area contributed by atoms with E-state index in [1.807, 2.05) is 25.1 Å². The lowest BCUT2D eigenvalue weighted by Crippen LogP contribution is -2.15. The number of benzene rings is 2. The van der Waals surface area contributed by atoms with E-state index in [1.165, 1.54) is 25.1 Å². The minimum Gasteiger partial charge on any atom is -0.454 e. The molecule has 1 heterocycles. The summed E-state index contributed by atoms with van der Waals surface area (Å²) in [5, 5.41) is 11.8. The van der Waals surface area contributed by atoms with Crippen molar-refractivity contribution in [3.05, 3.63) is 75.0 Å². The number of hydrogen-bond acceptors (Lipinski definition) is 5. The van der Waals surface area contributed by atoms with Gasteiger partial charge in [0.2, 0.25) is 5.78 Å². The van der Waals surface area contributed by atoms with Crippen LogP contribution in [0.2, 0.25) is 0 Å². The molecule has 138 valence electrons. The minimum absolute atomic E-state index is 0.0733. The number of nitro groups is 1. The number of nitrogens with one attached hydrogen (secondary N) is 1. The number of aryl methyl sites for hydroxylation is 1. The quantitative estimate of drug-likeness (QED) is 0.308. The van der Waals surface area contributed by atoms with Crippen molar-refractivity contribution in [2.45, 2.75) is 20.3 Å². The molecule has 0 atom stereocenters. The average Bonchev–Trinajstić information content (AvgIpc) is 3.10. The molecule has 0 saturated carbocycles. The third-order valence-corrected chi connectivity index (χ3v) is 4.54. The predicted octanol–water partition coefficient (Wildman–Crippen LogP) is 3.99. The van der Waals surface area contributed by atoms with E-state index in [4.69, 9.17) is 4.74 Å². The number of nitro benzene ring substituents is 1. The molecular formula is C20H18N2O5. The second-order valence-electron chi connectivity index (χ2n) is 6.10. The molecule has 1 N–H and O–H groups in total. The lowest BCUT2D eigenvalue weighted by molar-refractivity contribution is -0.385. The van der Waals surface area contributed by atoms with Gasteiger partial charge in [0, 0.05) is 34.3 Å². The first kappa shape index (κ1) is 18.3. The van der Waals surface area contributed by atoms with E-state index < -0.39 is 17.5 Å². The molecule has 27 heavy (non-hydrogen) atoms. The third-order valence-electron chi connectivity index (χ3n) is 4.54. The number of fused-ring (bicyclic) bond motifs is 1. The zero-order valence-corrected chi connectivity index (χ0v) is 14.9. The number of para-hydroxylation sites is 1. The molecule has 0 unspecified atom stereocenters. The fourth-order valence-corrected chi connectivity index (χ4v) is 3.07. The Morgan fingerprint density at radius 3 is 2.59 bits per heavy atom. The molecule has 0 aliphatic carbocycles. The van der Waals surface area contributed by atoms with Crippen LogP contribution in [0.1, 0.15) is 38.8 Å². The number of ether oxygens (including phenoxy) is 1. The lowest BCUT2D eigenvalue weighted by atomic mass is 10.1. The maximum absolute atomic E-state index is 12.5. The van der Waals surface area contributed by atoms with Crippen LogP contribution in [0.25, 0.3) is 10.9 Å². The van der Waals surface area contributed by atoms with Crippen LogP contribution in [0.3, 0.4) is 0 Å². The van der Waals surface area contributed by atoms with Crippen LogP contribution in [-0.2, 0) is 11.2 Å². The van der Waals surface area contributed by atoms with Crippen LogP contribution in [0.15, 0.2) is 42.6 Å². The number of carbonyl (C=O) groups is 2. The van der Waals surface area contributed by atoms with Crippen LogP contribution in [0.5, 0.6) is 0 Å². The number of rotatable bonds is 6. The lowest BCUT2D eigenvalue weighted by Gasteiger charge is -2.07. The van der Waals surface area contributed by atoms with Crippen molar-refractivity contribution in [2.24, 2.45) is 0 Å². The molecule has 3 rings (SSSR count). The predicted molar refractivity (Wildman–Crippen MR) is 100 cm³/mol. The first-order chi connectivity index (χ1) is 12.9. The van der Waals surface area contributed by atoms with Crippen LogP contribution in [0.4, 0.5) is 5.69 Å². The first-order valence-corrected chi connectivity index (χ1v) is 8.47. The Balaban J connectivity index is 1.78. The molecule has 1 aromatic heterocycles. The first-order valence-electron chi connectivity index (χ1n) is 8.47. The van der Waals surface area contributed by atoms with Gasteiger partial charge in [-0.05, 0) is 25.0 Å². The van der Waals surface area contributed by atoms with E-state index in [2.05, 4.69) is 4.98 Å². The number of Topliss-reactive ketones (excluding diaryl/α,β-unsaturated/α-hetero) is 1. The fraction of sp³-hybridized carbons (Fsp3) is 0.200. The highest BCUT2D eigenvalue weighted by atomic mass is 16.6. The van der Waals surface area contributed by atoms with Crippen molar-refractivity contribution in [2.75, 3.05) is 6.61 Å². The molecular weight excluding hydrogens is 348 g/mol. The van der Waals surface area contributed by atoms with E-state index in [0.717, 1.165) is 22.9 Å². The standard InChI is InChI=1S/C20H18N2O5/c1-3-13-6-4-8-15-16(10-21-19(13)15)18(23)11-27-20(24)14-7-5-9-17(12(14)2)22(25)26/h4-10,21H,3,11H2,1-2H3. The van der Waals surface area contributed by atoms with Gasteiger partial charge in [0.05, 0.1) is 10.5 Å². The molecule has 0 radical (unpaired) electrons. The number of nitrogens with zero attached hydrogens (tertiary/aromatic N) is 1. The van der Waals surface area contributed by atoms with Crippen molar-refractivity contribution < 1.29 is 19.2 Å². The number of carbonyl (C=O) groups excluding carboxylic acids is 2. The van der Waals surface area contributed by atoms with Crippen molar-refractivity contribution in [1.82, 2.24) is 4.98 Å². The van der Waals surface area contributed by atoms with E-state index in [-0.39, 0.29) is 22.6 Å². The molecule has 0 spiro atoms. The summed E-state index contributed by atoms with van der Waals surface area (Å²) in [5.74, 6) is -1.11. The van der Waals surface area contributed by atoms with E-state index in [9.17, 15) is 19.7 Å². The zero-order chi connectivity index (χ0) is 19.6. The molecule has 7 heteroatoms. The molecule has 0 saturated heterocycles. The van der Waals surface area contributed by atoms with Gasteiger partial charge >= 0.3 is 5.97 Å². The van der Waals surface area contributed by atoms with Crippen molar-refractivity contribution in [3.8, 4) is 0 Å². The summed E-state index contributed by atoms with van der Waals surface area (Å²) >= 11 is 0. The molecule has 0 fully saturated rings. The van der Waals surface area contributed by atoms with Crippen LogP contribution < -0.4 is 0 Å². The number of H-pyrrole nitrogens is 1. The maximum Gasteiger partial charge on any atom is 0.339 e. The number of aromatic amines is 1. The second kappa shape index (κ2) is 7.41. The highest BCUT2D eigenvalue weighted by Gasteiger charge is 2.21. The van der Waals surface area contributed by atoms with Gasteiger partial charge in [0.15, 0.2) is 6.61 Å². The second-order valence-corrected chi connectivity index (χ2v) is 6.10. The summed E-state index contributed by atoms with van der Waals surface area (Å²) in [7, 11) is 0. The monoisotopic (exact) mass is 366 g/mol. The summed E-state index contributed by atoms with van der Waals surface area (Å²) in [4.78, 5) is 38.3. The molecule has 2 aromatic carbocycles. The normalized spacial score (nSPS) is 10.7. The summed E-state index contributed by atoms with van der Waals surface area (Å²) < 4.78 is 5.11. The van der Waals surface area contributed by atoms with Crippen molar-refractivity contribution in [1.29, 1.82) is 0 Å². The third kappa shape index (κ3) is 3.44. The van der Waals surface area contributed by atoms with Gasteiger partial charge < -0.3 is 9.72 Å². The Morgan fingerprint density at radius 1 is 1.15 bits per heavy atom. The smallest absolute Gasteiger partial charge is 0.339 e. The molecule has 7 nitrogen and oxygen atoms in total. The number of esters is 1. The number of ketones is 1. The number of aromatic nitrogens is 1. The van der Waals surface area contributed by atoms with Crippen molar-refractivity contribution in [3.63, 3.8) is 0 Å². The summed E-state index contributed by atoms with van der Waals surface area (Å²) in [6.07, 6.45) is 2.44. The molecule has 0 aliphatic heterocycles. The van der Waals surface area contributed by atoms with Gasteiger partial charge in [0.25, 0.3) is 5.69 Å². The molecule has 0 aliphatic rings. The summed E-state index contributed by atoms with van der Waals surface area (Å²) in [6, 6.07) is 9.87. The Kier molecular flexibility index (Phi) is 5.03. The SMILES string of the molecule is CCc1cccc2c(C(=O)COC(=O)c3cccc([N+](=O)[O-])c3C)c[nH]c12. The van der Waals surface area contributed by atoms with Gasteiger partial charge in [-0.1, -0.05) is 31.2 Å². The van der Waals surface area contributed by atoms with E-state index in [0.29, 0.717) is 5.56 Å². The van der Waals surface area contributed by atoms with Crippen molar-refractivity contribution >= 4 is 28.3 Å². The molecule has 0 bridgehead atoms. The van der Waals surface area contributed by atoms with Gasteiger partial charge in [-0.25, -0.2) is 4.79 Å². The molecule has 3 aromatic rings. The average molecular weight is 366 g/mol. The maximum atomic E-state index is 12.5. The van der Waals surface area contributed by atoms with Gasteiger partial charge in [0.1, 0.15) is 0 Å². The minimum atomic E-state index is -0.765. The molecule has 0 amide bonds. The Bertz CT molecular complexity index is 1050. The summed E-state index contributed by atoms with van der Waals surface area (Å²) in [6.45, 7) is 3.06. The van der Waals surface area contributed by atoms with E-state index in [1.54, 1.807) is 6.20 Å². The highest BCUT2D eigenvalue weighted by molar-refractivity contribution is 6.09. The van der Waals surface area contributed by atoms with E-state index >= 15 is 0 Å². The number of hydrogen-bond donors (Lipinski definition) is 1. The zero-order valence-electron chi connectivity index (χ0n) is 14.9. The summed E-state index contributed by atoms with van der Waals surface area (Å²) in [5.41, 5.74) is 2.55. The van der Waals surface area contributed by atoms with Crippen LogP contribution in [0, 0.1) is 17.0 Å². The Labute approximate surface area is 155 Å². The van der Waals surface area contributed by atoms with Gasteiger partial charge in [-0.2, -0.15) is 0 Å². The van der Waals surface area contributed by atoms with Crippen LogP contribution >= 0.6 is 0 Å².